The molecule has 6 N–H and O–H groups in total. The first-order chi connectivity index (χ1) is 16.7. The summed E-state index contributed by atoms with van der Waals surface area (Å²) in [6.07, 6.45) is 16.1. The summed E-state index contributed by atoms with van der Waals surface area (Å²) in [6, 6.07) is 2.18. The lowest BCUT2D eigenvalue weighted by Gasteiger charge is -2.08. The van der Waals surface area contributed by atoms with Crippen molar-refractivity contribution in [3.05, 3.63) is 23.7 Å². The Morgan fingerprint density at radius 1 is 0.686 bits per heavy atom. The van der Waals surface area contributed by atoms with Crippen molar-refractivity contribution in [3.8, 4) is 0 Å². The zero-order valence-corrected chi connectivity index (χ0v) is 21.5. The topological polar surface area (TPSA) is 169 Å². The standard InChI is InChI=1S/C16H34O2.C6H4O5.C4H10O2/c1-2-3-4-5-6-7-8-9-10-11-12-13-16(18)14-15-17;7-5(8)3-1-2-4(11-3)6(9)10;1-2-3-4(5)6/h16-18H,2-15H2,1H3;1-2H,(H,7,8)(H,9,10);4-6H,2-3H2,1H3. The maximum atomic E-state index is 10.2. The number of carboxylic acid groups (broad SMARTS) is 2. The Hall–Kier alpha value is -1.94. The summed E-state index contributed by atoms with van der Waals surface area (Å²) < 4.78 is 4.41. The highest BCUT2D eigenvalue weighted by molar-refractivity contribution is 5.88. The lowest BCUT2D eigenvalue weighted by Crippen LogP contribution is -2.08. The van der Waals surface area contributed by atoms with Crippen LogP contribution < -0.4 is 0 Å². The Morgan fingerprint density at radius 2 is 1.11 bits per heavy atom. The highest BCUT2D eigenvalue weighted by atomic mass is 16.5. The van der Waals surface area contributed by atoms with Gasteiger partial charge in [0.25, 0.3) is 0 Å². The van der Waals surface area contributed by atoms with Crippen molar-refractivity contribution in [3.63, 3.8) is 0 Å². The number of rotatable bonds is 18. The second kappa shape index (κ2) is 25.2. The Morgan fingerprint density at radius 3 is 1.40 bits per heavy atom. The Kier molecular flexibility index (Phi) is 25.3. The number of hydrogen-bond acceptors (Lipinski definition) is 7. The van der Waals surface area contributed by atoms with E-state index in [4.69, 9.17) is 25.5 Å². The fourth-order valence-corrected chi connectivity index (χ4v) is 3.16. The van der Waals surface area contributed by atoms with E-state index < -0.39 is 18.2 Å². The Bertz CT molecular complexity index is 585. The summed E-state index contributed by atoms with van der Waals surface area (Å²) in [4.78, 5) is 20.3. The lowest BCUT2D eigenvalue weighted by molar-refractivity contribution is -0.0453. The van der Waals surface area contributed by atoms with E-state index in [9.17, 15) is 14.7 Å². The number of carboxylic acids is 2. The molecule has 1 aromatic rings. The summed E-state index contributed by atoms with van der Waals surface area (Å²) in [5.74, 6) is -3.31. The van der Waals surface area contributed by atoms with Crippen molar-refractivity contribution in [2.24, 2.45) is 0 Å². The largest absolute Gasteiger partial charge is 0.475 e. The van der Waals surface area contributed by atoms with Gasteiger partial charge in [-0.05, 0) is 31.4 Å². The molecular formula is C26H48O9. The SMILES string of the molecule is CCCC(O)O.CCCCCCCCCCCCCC(O)CCO.O=C(O)c1ccc(C(=O)O)o1. The predicted octanol–water partition coefficient (Wildman–Crippen LogP) is 5.20. The summed E-state index contributed by atoms with van der Waals surface area (Å²) >= 11 is 0. The van der Waals surface area contributed by atoms with E-state index in [-0.39, 0.29) is 24.2 Å². The molecule has 9 heteroatoms. The molecule has 0 aliphatic carbocycles. The Labute approximate surface area is 209 Å². The van der Waals surface area contributed by atoms with E-state index in [1.807, 2.05) is 6.92 Å². The monoisotopic (exact) mass is 504 g/mol. The van der Waals surface area contributed by atoms with Crippen LogP contribution in [0.4, 0.5) is 0 Å². The maximum absolute atomic E-state index is 10.2. The Balaban J connectivity index is 0. The van der Waals surface area contributed by atoms with Gasteiger partial charge in [-0.25, -0.2) is 9.59 Å². The summed E-state index contributed by atoms with van der Waals surface area (Å²) in [5.41, 5.74) is 0. The fraction of sp³-hybridized carbons (Fsp3) is 0.769. The van der Waals surface area contributed by atoms with Crippen LogP contribution in [0, 0.1) is 0 Å². The zero-order valence-electron chi connectivity index (χ0n) is 21.5. The predicted molar refractivity (Wildman–Crippen MR) is 135 cm³/mol. The highest BCUT2D eigenvalue weighted by Gasteiger charge is 2.12. The molecule has 0 aliphatic rings. The van der Waals surface area contributed by atoms with E-state index in [0.717, 1.165) is 31.4 Å². The molecular weight excluding hydrogens is 456 g/mol. The fourth-order valence-electron chi connectivity index (χ4n) is 3.16. The van der Waals surface area contributed by atoms with Gasteiger partial charge in [0.15, 0.2) is 6.29 Å². The maximum Gasteiger partial charge on any atom is 0.371 e. The quantitative estimate of drug-likeness (QED) is 0.116. The van der Waals surface area contributed by atoms with Gasteiger partial charge in [-0.15, -0.1) is 0 Å². The van der Waals surface area contributed by atoms with Crippen molar-refractivity contribution in [1.82, 2.24) is 0 Å². The molecule has 0 fully saturated rings. The molecule has 0 radical (unpaired) electrons. The van der Waals surface area contributed by atoms with Gasteiger partial charge in [0, 0.05) is 6.61 Å². The van der Waals surface area contributed by atoms with E-state index in [0.29, 0.717) is 12.8 Å². The van der Waals surface area contributed by atoms with Crippen molar-refractivity contribution in [2.75, 3.05) is 6.61 Å². The van der Waals surface area contributed by atoms with Crippen molar-refractivity contribution >= 4 is 11.9 Å². The van der Waals surface area contributed by atoms with Gasteiger partial charge in [0.2, 0.25) is 11.5 Å². The van der Waals surface area contributed by atoms with Gasteiger partial charge < -0.3 is 35.1 Å². The summed E-state index contributed by atoms with van der Waals surface area (Å²) in [6.45, 7) is 4.27. The van der Waals surface area contributed by atoms with Crippen LogP contribution in [0.5, 0.6) is 0 Å². The second-order valence-electron chi connectivity index (χ2n) is 8.53. The number of furan rings is 1. The molecule has 0 saturated carbocycles. The van der Waals surface area contributed by atoms with Crippen molar-refractivity contribution in [1.29, 1.82) is 0 Å². The smallest absolute Gasteiger partial charge is 0.371 e. The first-order valence-corrected chi connectivity index (χ1v) is 12.9. The molecule has 0 bridgehead atoms. The van der Waals surface area contributed by atoms with Gasteiger partial charge in [0.05, 0.1) is 6.10 Å². The van der Waals surface area contributed by atoms with Crippen LogP contribution >= 0.6 is 0 Å². The summed E-state index contributed by atoms with van der Waals surface area (Å²) in [7, 11) is 0. The third kappa shape index (κ3) is 25.0. The molecule has 0 aromatic carbocycles. The number of aliphatic hydroxyl groups excluding tert-OH is 3. The zero-order chi connectivity index (χ0) is 26.9. The average Bonchev–Trinajstić information content (AvgIpc) is 3.30. The van der Waals surface area contributed by atoms with Crippen LogP contribution in [0.1, 0.15) is 131 Å². The second-order valence-corrected chi connectivity index (χ2v) is 8.53. The number of unbranched alkanes of at least 4 members (excludes halogenated alkanes) is 10. The van der Waals surface area contributed by atoms with Crippen LogP contribution in [-0.4, -0.2) is 61.6 Å². The van der Waals surface area contributed by atoms with E-state index in [1.165, 1.54) is 64.2 Å². The molecule has 9 nitrogen and oxygen atoms in total. The third-order valence-electron chi connectivity index (χ3n) is 5.18. The number of hydrogen-bond donors (Lipinski definition) is 6. The van der Waals surface area contributed by atoms with E-state index in [1.54, 1.807) is 0 Å². The van der Waals surface area contributed by atoms with Crippen molar-refractivity contribution in [2.45, 2.75) is 123 Å². The van der Waals surface area contributed by atoms with E-state index in [2.05, 4.69) is 11.3 Å². The minimum absolute atomic E-state index is 0.110. The van der Waals surface area contributed by atoms with Crippen molar-refractivity contribution < 1.29 is 44.6 Å². The van der Waals surface area contributed by atoms with Gasteiger partial charge >= 0.3 is 11.9 Å². The number of aliphatic hydroxyl groups is 4. The average molecular weight is 505 g/mol. The van der Waals surface area contributed by atoms with E-state index >= 15 is 0 Å². The van der Waals surface area contributed by atoms with Gasteiger partial charge in [0.1, 0.15) is 0 Å². The third-order valence-corrected chi connectivity index (χ3v) is 5.18. The molecule has 1 heterocycles. The molecule has 0 amide bonds. The first-order valence-electron chi connectivity index (χ1n) is 12.9. The molecule has 1 rings (SSSR count). The molecule has 0 spiro atoms. The van der Waals surface area contributed by atoms with Crippen LogP contribution in [0.25, 0.3) is 0 Å². The van der Waals surface area contributed by atoms with Crippen LogP contribution in [0.15, 0.2) is 16.5 Å². The molecule has 1 unspecified atom stereocenters. The van der Waals surface area contributed by atoms with Crippen LogP contribution in [-0.2, 0) is 0 Å². The molecule has 206 valence electrons. The highest BCUT2D eigenvalue weighted by Crippen LogP contribution is 2.13. The molecule has 1 atom stereocenters. The molecule has 1 aromatic heterocycles. The molecule has 0 saturated heterocycles. The molecule has 35 heavy (non-hydrogen) atoms. The minimum Gasteiger partial charge on any atom is -0.475 e. The minimum atomic E-state index is -1.28. The number of aromatic carboxylic acids is 2. The number of carbonyl (C=O) groups is 2. The van der Waals surface area contributed by atoms with Crippen LogP contribution in [0.2, 0.25) is 0 Å². The van der Waals surface area contributed by atoms with Gasteiger partial charge in [-0.1, -0.05) is 90.9 Å². The lowest BCUT2D eigenvalue weighted by atomic mass is 10.0. The summed E-state index contributed by atoms with van der Waals surface area (Å²) in [5, 5.41) is 50.9. The first kappa shape index (κ1) is 35.2. The normalized spacial score (nSPS) is 11.3. The van der Waals surface area contributed by atoms with Gasteiger partial charge in [-0.2, -0.15) is 0 Å². The van der Waals surface area contributed by atoms with Gasteiger partial charge in [-0.3, -0.25) is 0 Å². The van der Waals surface area contributed by atoms with Crippen LogP contribution in [0.3, 0.4) is 0 Å². The molecule has 0 aliphatic heterocycles.